The van der Waals surface area contributed by atoms with Gasteiger partial charge in [-0.15, -0.1) is 0 Å². The summed E-state index contributed by atoms with van der Waals surface area (Å²) >= 11 is 0. The lowest BCUT2D eigenvalue weighted by molar-refractivity contribution is -0.194. The molecule has 5 atom stereocenters. The number of fused-ring (bicyclic) bond motifs is 1. The van der Waals surface area contributed by atoms with E-state index in [0.717, 1.165) is 0 Å². The van der Waals surface area contributed by atoms with Gasteiger partial charge in [0.1, 0.15) is 24.6 Å². The van der Waals surface area contributed by atoms with Crippen LogP contribution in [0.2, 0.25) is 0 Å². The van der Waals surface area contributed by atoms with Crippen LogP contribution in [0.15, 0.2) is 24.7 Å². The van der Waals surface area contributed by atoms with E-state index in [1.165, 1.54) is 24.3 Å². The second kappa shape index (κ2) is 7.72. The van der Waals surface area contributed by atoms with Gasteiger partial charge in [-0.1, -0.05) is 0 Å². The smallest absolute Gasteiger partial charge is 0.277 e. The van der Waals surface area contributed by atoms with E-state index < -0.39 is 36.9 Å². The third-order valence-corrected chi connectivity index (χ3v) is 5.11. The summed E-state index contributed by atoms with van der Waals surface area (Å²) < 4.78 is 23.4. The Morgan fingerprint density at radius 1 is 1.28 bits per heavy atom. The maximum absolute atomic E-state index is 10.3. The van der Waals surface area contributed by atoms with E-state index in [1.807, 2.05) is 0 Å². The molecular weight excluding hydrogens is 386 g/mol. The van der Waals surface area contributed by atoms with Gasteiger partial charge in [-0.3, -0.25) is 4.57 Å². The van der Waals surface area contributed by atoms with E-state index in [-0.39, 0.29) is 6.54 Å². The van der Waals surface area contributed by atoms with Gasteiger partial charge in [0.2, 0.25) is 5.79 Å². The number of nitrogens with zero attached hydrogens (tertiary/aromatic N) is 4. The Kier molecular flexibility index (Phi) is 5.27. The number of methoxy groups -OCH3 is 2. The molecule has 4 N–H and O–H groups in total. The first-order chi connectivity index (χ1) is 14.0. The molecule has 12 heteroatoms. The predicted molar refractivity (Wildman–Crippen MR) is 97.4 cm³/mol. The number of imidazole rings is 1. The van der Waals surface area contributed by atoms with E-state index >= 15 is 0 Å². The van der Waals surface area contributed by atoms with Crippen LogP contribution in [0.5, 0.6) is 0 Å². The molecule has 1 saturated heterocycles. The second-order valence-corrected chi connectivity index (χ2v) is 6.78. The lowest BCUT2D eigenvalue weighted by Crippen LogP contribution is -2.39. The molecule has 29 heavy (non-hydrogen) atoms. The maximum atomic E-state index is 10.3. The summed E-state index contributed by atoms with van der Waals surface area (Å²) in [5, 5.41) is 32.7. The quantitative estimate of drug-likeness (QED) is 0.450. The van der Waals surface area contributed by atoms with E-state index in [0.29, 0.717) is 29.3 Å². The Morgan fingerprint density at radius 3 is 2.76 bits per heavy atom. The highest BCUT2D eigenvalue weighted by Gasteiger charge is 2.44. The van der Waals surface area contributed by atoms with Crippen LogP contribution < -0.4 is 5.32 Å². The van der Waals surface area contributed by atoms with Crippen LogP contribution in [0, 0.1) is 0 Å². The number of nitrogens with one attached hydrogen (secondary N) is 1. The standard InChI is InChI=1S/C17H23N5O7/c1-26-10-3-4-17(27-2,29-10)6-18-14-11-15(20-7-19-14)22(8-21-11)16-13(25)12(24)9(5-23)28-16/h3,7-9,12-13,16,23-25H,4-6H2,1-2H3,(H,18,19,20)/t9-,12-,13+,16?,17?/m1/s1. The Morgan fingerprint density at radius 2 is 2.10 bits per heavy atom. The van der Waals surface area contributed by atoms with Crippen molar-refractivity contribution < 1.29 is 34.3 Å². The van der Waals surface area contributed by atoms with Gasteiger partial charge in [0.15, 0.2) is 23.2 Å². The molecule has 0 aliphatic carbocycles. The minimum atomic E-state index is -1.24. The van der Waals surface area contributed by atoms with Crippen molar-refractivity contribution in [1.82, 2.24) is 19.5 Å². The number of hydrogen-bond acceptors (Lipinski definition) is 11. The number of rotatable bonds is 7. The van der Waals surface area contributed by atoms with Crippen molar-refractivity contribution in [3.63, 3.8) is 0 Å². The molecule has 0 radical (unpaired) electrons. The lowest BCUT2D eigenvalue weighted by Gasteiger charge is -2.27. The zero-order valence-corrected chi connectivity index (χ0v) is 15.9. The molecule has 158 valence electrons. The zero-order chi connectivity index (χ0) is 20.6. The summed E-state index contributed by atoms with van der Waals surface area (Å²) in [6.07, 6.45) is 0.777. The number of ether oxygens (including phenoxy) is 4. The molecule has 0 amide bonds. The highest BCUT2D eigenvalue weighted by atomic mass is 16.8. The fourth-order valence-electron chi connectivity index (χ4n) is 3.43. The monoisotopic (exact) mass is 409 g/mol. The minimum Gasteiger partial charge on any atom is -0.469 e. The molecule has 0 bridgehead atoms. The number of anilines is 1. The Balaban J connectivity index is 1.56. The van der Waals surface area contributed by atoms with Crippen LogP contribution in [0.4, 0.5) is 5.82 Å². The predicted octanol–water partition coefficient (Wildman–Crippen LogP) is -0.899. The van der Waals surface area contributed by atoms with Crippen molar-refractivity contribution in [2.75, 3.05) is 32.7 Å². The van der Waals surface area contributed by atoms with E-state index in [4.69, 9.17) is 18.9 Å². The Hall–Kier alpha value is -2.51. The van der Waals surface area contributed by atoms with Crippen molar-refractivity contribution >= 4 is 17.0 Å². The number of aliphatic hydroxyl groups is 3. The van der Waals surface area contributed by atoms with Gasteiger partial charge >= 0.3 is 0 Å². The van der Waals surface area contributed by atoms with Crippen LogP contribution in [0.25, 0.3) is 11.2 Å². The Bertz CT molecular complexity index is 905. The van der Waals surface area contributed by atoms with Gasteiger partial charge in [-0.05, 0) is 0 Å². The molecule has 4 heterocycles. The van der Waals surface area contributed by atoms with E-state index in [9.17, 15) is 15.3 Å². The molecule has 2 aromatic heterocycles. The van der Waals surface area contributed by atoms with Gasteiger partial charge in [0, 0.05) is 19.6 Å². The molecule has 1 fully saturated rings. The van der Waals surface area contributed by atoms with Crippen LogP contribution in [-0.2, 0) is 18.9 Å². The SMILES string of the molecule is COC1=CCC(CNc2ncnc3c2ncn3C2O[C@H](CO)[C@@H](O)[C@@H]2O)(OC)O1. The molecule has 0 saturated carbocycles. The molecule has 12 nitrogen and oxygen atoms in total. The van der Waals surface area contributed by atoms with E-state index in [2.05, 4.69) is 20.3 Å². The van der Waals surface area contributed by atoms with Gasteiger partial charge in [0.05, 0.1) is 26.6 Å². The third-order valence-electron chi connectivity index (χ3n) is 5.11. The van der Waals surface area contributed by atoms with Crippen molar-refractivity contribution in [1.29, 1.82) is 0 Å². The summed E-state index contributed by atoms with van der Waals surface area (Å²) in [5.74, 6) is -0.115. The van der Waals surface area contributed by atoms with Gasteiger partial charge in [-0.2, -0.15) is 0 Å². The molecule has 2 aromatic rings. The van der Waals surface area contributed by atoms with E-state index in [1.54, 1.807) is 13.2 Å². The maximum Gasteiger partial charge on any atom is 0.277 e. The van der Waals surface area contributed by atoms with Crippen LogP contribution in [0.3, 0.4) is 0 Å². The topological polar surface area (TPSA) is 153 Å². The molecule has 2 aliphatic heterocycles. The zero-order valence-electron chi connectivity index (χ0n) is 15.9. The first-order valence-electron chi connectivity index (χ1n) is 9.04. The summed E-state index contributed by atoms with van der Waals surface area (Å²) in [7, 11) is 3.06. The fourth-order valence-corrected chi connectivity index (χ4v) is 3.43. The van der Waals surface area contributed by atoms with Crippen molar-refractivity contribution in [2.24, 2.45) is 0 Å². The average Bonchev–Trinajstić information content (AvgIpc) is 3.44. The largest absolute Gasteiger partial charge is 0.469 e. The van der Waals surface area contributed by atoms with Crippen molar-refractivity contribution in [3.8, 4) is 0 Å². The third kappa shape index (κ3) is 3.38. The first kappa shape index (κ1) is 19.8. The highest BCUT2D eigenvalue weighted by molar-refractivity contribution is 5.82. The van der Waals surface area contributed by atoms with Crippen molar-refractivity contribution in [2.45, 2.75) is 36.7 Å². The molecule has 0 spiro atoms. The normalized spacial score (nSPS) is 31.7. The molecule has 2 unspecified atom stereocenters. The molecule has 2 aliphatic rings. The van der Waals surface area contributed by atoms with Gasteiger partial charge in [0.25, 0.3) is 5.95 Å². The number of hydrogen-bond donors (Lipinski definition) is 4. The summed E-state index contributed by atoms with van der Waals surface area (Å²) in [5.41, 5.74) is 0.835. The summed E-state index contributed by atoms with van der Waals surface area (Å²) in [4.78, 5) is 12.8. The van der Waals surface area contributed by atoms with Gasteiger partial charge < -0.3 is 39.6 Å². The second-order valence-electron chi connectivity index (χ2n) is 6.78. The summed E-state index contributed by atoms with van der Waals surface area (Å²) in [6, 6.07) is 0. The molecular formula is C17H23N5O7. The number of aliphatic hydroxyl groups excluding tert-OH is 3. The average molecular weight is 409 g/mol. The first-order valence-corrected chi connectivity index (χ1v) is 9.04. The lowest BCUT2D eigenvalue weighted by atomic mass is 10.1. The van der Waals surface area contributed by atoms with Crippen LogP contribution in [-0.4, -0.2) is 86.3 Å². The Labute approximate surface area is 165 Å². The molecule has 4 rings (SSSR count). The van der Waals surface area contributed by atoms with Gasteiger partial charge in [-0.25, -0.2) is 15.0 Å². The van der Waals surface area contributed by atoms with Crippen molar-refractivity contribution in [3.05, 3.63) is 24.7 Å². The number of aromatic nitrogens is 4. The minimum absolute atomic E-state index is 0.264. The molecule has 0 aromatic carbocycles. The fraction of sp³-hybridized carbons (Fsp3) is 0.588. The highest BCUT2D eigenvalue weighted by Crippen LogP contribution is 2.33. The van der Waals surface area contributed by atoms with Crippen LogP contribution >= 0.6 is 0 Å². The van der Waals surface area contributed by atoms with Crippen LogP contribution in [0.1, 0.15) is 12.6 Å². The summed E-state index contributed by atoms with van der Waals surface area (Å²) in [6.45, 7) is -0.153.